The lowest BCUT2D eigenvalue weighted by molar-refractivity contribution is 0.191. The van der Waals surface area contributed by atoms with Crippen molar-refractivity contribution in [3.8, 4) is 0 Å². The molecule has 0 aliphatic carbocycles. The van der Waals surface area contributed by atoms with Gasteiger partial charge in [-0.1, -0.05) is 23.7 Å². The lowest BCUT2D eigenvalue weighted by Gasteiger charge is -2.21. The summed E-state index contributed by atoms with van der Waals surface area (Å²) in [7, 11) is 0. The summed E-state index contributed by atoms with van der Waals surface area (Å²) in [6.07, 6.45) is 0.977. The molecule has 1 aliphatic heterocycles. The number of aliphatic hydroxyl groups is 1. The minimum atomic E-state index is -0.121. The minimum absolute atomic E-state index is 0.121. The van der Waals surface area contributed by atoms with Crippen LogP contribution in [0.5, 0.6) is 0 Å². The van der Waals surface area contributed by atoms with Crippen LogP contribution >= 0.6 is 11.6 Å². The summed E-state index contributed by atoms with van der Waals surface area (Å²) in [6, 6.07) is 7.98. The molecule has 1 saturated heterocycles. The zero-order valence-corrected chi connectivity index (χ0v) is 9.59. The topological polar surface area (TPSA) is 32.3 Å². The summed E-state index contributed by atoms with van der Waals surface area (Å²) >= 11 is 5.85. The fourth-order valence-electron chi connectivity index (χ4n) is 2.15. The Labute approximate surface area is 95.3 Å². The van der Waals surface area contributed by atoms with Crippen LogP contribution in [-0.2, 0) is 0 Å². The number of nitrogens with one attached hydrogen (secondary N) is 1. The lowest BCUT2D eigenvalue weighted by Crippen LogP contribution is -2.39. The molecule has 2 rings (SSSR count). The Hall–Kier alpha value is -0.570. The Balaban J connectivity index is 2.11. The van der Waals surface area contributed by atoms with Crippen molar-refractivity contribution in [2.24, 2.45) is 0 Å². The molecule has 0 amide bonds. The fourth-order valence-corrected chi connectivity index (χ4v) is 2.27. The van der Waals surface area contributed by atoms with Crippen molar-refractivity contribution in [3.05, 3.63) is 34.9 Å². The van der Waals surface area contributed by atoms with Gasteiger partial charge in [0.2, 0.25) is 0 Å². The molecule has 0 bridgehead atoms. The van der Waals surface area contributed by atoms with Crippen molar-refractivity contribution >= 4 is 11.6 Å². The third-order valence-corrected chi connectivity index (χ3v) is 3.41. The van der Waals surface area contributed by atoms with Crippen LogP contribution in [0.15, 0.2) is 24.3 Å². The van der Waals surface area contributed by atoms with Crippen LogP contribution in [0.3, 0.4) is 0 Å². The molecule has 1 fully saturated rings. The Morgan fingerprint density at radius 3 is 2.67 bits per heavy atom. The van der Waals surface area contributed by atoms with E-state index in [0.717, 1.165) is 18.0 Å². The van der Waals surface area contributed by atoms with Gasteiger partial charge in [0.15, 0.2) is 0 Å². The molecule has 1 heterocycles. The van der Waals surface area contributed by atoms with Crippen molar-refractivity contribution in [2.45, 2.75) is 24.8 Å². The number of aliphatic hydroxyl groups excluding tert-OH is 1. The summed E-state index contributed by atoms with van der Waals surface area (Å²) in [5.74, 6) is 0.486. The predicted octanol–water partition coefficient (Wildman–Crippen LogP) is 2.17. The smallest absolute Gasteiger partial charge is 0.0610 e. The van der Waals surface area contributed by atoms with E-state index >= 15 is 0 Å². The average molecular weight is 226 g/mol. The Morgan fingerprint density at radius 1 is 1.47 bits per heavy atom. The van der Waals surface area contributed by atoms with Crippen LogP contribution < -0.4 is 5.32 Å². The lowest BCUT2D eigenvalue weighted by atomic mass is 9.91. The van der Waals surface area contributed by atoms with Crippen LogP contribution in [0.1, 0.15) is 24.8 Å². The number of benzene rings is 1. The summed E-state index contributed by atoms with van der Waals surface area (Å²) in [6.45, 7) is 3.18. The third-order valence-electron chi connectivity index (χ3n) is 3.16. The largest absolute Gasteiger partial charge is 0.394 e. The van der Waals surface area contributed by atoms with Gasteiger partial charge in [-0.3, -0.25) is 0 Å². The van der Waals surface area contributed by atoms with E-state index in [4.69, 9.17) is 11.6 Å². The summed E-state index contributed by atoms with van der Waals surface area (Å²) in [5.41, 5.74) is 1.17. The number of hydrogen-bond donors (Lipinski definition) is 2. The van der Waals surface area contributed by atoms with E-state index in [1.54, 1.807) is 0 Å². The first-order chi connectivity index (χ1) is 7.13. The highest BCUT2D eigenvalue weighted by atomic mass is 35.5. The first kappa shape index (κ1) is 10.9. The first-order valence-electron chi connectivity index (χ1n) is 5.24. The molecule has 2 nitrogen and oxygen atoms in total. The highest BCUT2D eigenvalue weighted by Crippen LogP contribution is 2.31. The SMILES string of the molecule is CC1(CO)CC(c2ccc(Cl)cc2)CN1. The summed E-state index contributed by atoms with van der Waals surface area (Å²) in [5, 5.41) is 13.4. The predicted molar refractivity (Wildman–Crippen MR) is 62.3 cm³/mol. The van der Waals surface area contributed by atoms with Crippen molar-refractivity contribution in [1.29, 1.82) is 0 Å². The number of rotatable bonds is 2. The van der Waals surface area contributed by atoms with Gasteiger partial charge in [-0.05, 0) is 37.0 Å². The van der Waals surface area contributed by atoms with Crippen molar-refractivity contribution < 1.29 is 5.11 Å². The van der Waals surface area contributed by atoms with Crippen molar-refractivity contribution in [1.82, 2.24) is 5.32 Å². The van der Waals surface area contributed by atoms with Gasteiger partial charge in [0.25, 0.3) is 0 Å². The fraction of sp³-hybridized carbons (Fsp3) is 0.500. The van der Waals surface area contributed by atoms with E-state index in [1.807, 2.05) is 12.1 Å². The van der Waals surface area contributed by atoms with Crippen LogP contribution in [0.2, 0.25) is 5.02 Å². The molecule has 1 aromatic carbocycles. The Kier molecular flexibility index (Phi) is 3.01. The number of halogens is 1. The normalized spacial score (nSPS) is 30.7. The highest BCUT2D eigenvalue weighted by molar-refractivity contribution is 6.30. The first-order valence-corrected chi connectivity index (χ1v) is 5.62. The zero-order chi connectivity index (χ0) is 10.9. The van der Waals surface area contributed by atoms with Crippen LogP contribution in [0.4, 0.5) is 0 Å². The molecule has 1 aliphatic rings. The second-order valence-corrected chi connectivity index (χ2v) is 4.99. The maximum atomic E-state index is 9.25. The summed E-state index contributed by atoms with van der Waals surface area (Å²) < 4.78 is 0. The molecular formula is C12H16ClNO. The molecule has 2 atom stereocenters. The molecule has 2 N–H and O–H groups in total. The zero-order valence-electron chi connectivity index (χ0n) is 8.83. The van der Waals surface area contributed by atoms with Crippen LogP contribution in [-0.4, -0.2) is 23.8 Å². The van der Waals surface area contributed by atoms with Gasteiger partial charge in [0.1, 0.15) is 0 Å². The quantitative estimate of drug-likeness (QED) is 0.809. The van der Waals surface area contributed by atoms with Crippen LogP contribution in [0.25, 0.3) is 0 Å². The highest BCUT2D eigenvalue weighted by Gasteiger charge is 2.34. The van der Waals surface area contributed by atoms with Crippen molar-refractivity contribution in [2.75, 3.05) is 13.2 Å². The molecular weight excluding hydrogens is 210 g/mol. The molecule has 3 heteroatoms. The Morgan fingerprint density at radius 2 is 2.13 bits per heavy atom. The standard InChI is InChI=1S/C12H16ClNO/c1-12(8-15)6-10(7-14-12)9-2-4-11(13)5-3-9/h2-5,10,14-15H,6-8H2,1H3. The van der Waals surface area contributed by atoms with E-state index in [0.29, 0.717) is 5.92 Å². The molecule has 0 aromatic heterocycles. The second kappa shape index (κ2) is 4.12. The molecule has 2 unspecified atom stereocenters. The van der Waals surface area contributed by atoms with Gasteiger partial charge in [0, 0.05) is 17.1 Å². The average Bonchev–Trinajstić information content (AvgIpc) is 2.63. The molecule has 82 valence electrons. The van der Waals surface area contributed by atoms with Gasteiger partial charge >= 0.3 is 0 Å². The van der Waals surface area contributed by atoms with E-state index in [1.165, 1.54) is 5.56 Å². The molecule has 0 saturated carbocycles. The van der Waals surface area contributed by atoms with Crippen LogP contribution in [0, 0.1) is 0 Å². The maximum absolute atomic E-state index is 9.25. The van der Waals surface area contributed by atoms with E-state index in [2.05, 4.69) is 24.4 Å². The van der Waals surface area contributed by atoms with Gasteiger partial charge in [0.05, 0.1) is 6.61 Å². The van der Waals surface area contributed by atoms with Crippen molar-refractivity contribution in [3.63, 3.8) is 0 Å². The molecule has 1 aromatic rings. The van der Waals surface area contributed by atoms with E-state index < -0.39 is 0 Å². The maximum Gasteiger partial charge on any atom is 0.0610 e. The Bertz CT molecular complexity index is 338. The minimum Gasteiger partial charge on any atom is -0.394 e. The molecule has 15 heavy (non-hydrogen) atoms. The monoisotopic (exact) mass is 225 g/mol. The summed E-state index contributed by atoms with van der Waals surface area (Å²) in [4.78, 5) is 0. The van der Waals surface area contributed by atoms with Gasteiger partial charge in [-0.25, -0.2) is 0 Å². The van der Waals surface area contributed by atoms with Gasteiger partial charge in [-0.2, -0.15) is 0 Å². The van der Waals surface area contributed by atoms with E-state index in [-0.39, 0.29) is 12.1 Å². The van der Waals surface area contributed by atoms with Gasteiger partial charge in [-0.15, -0.1) is 0 Å². The van der Waals surface area contributed by atoms with E-state index in [9.17, 15) is 5.11 Å². The molecule has 0 radical (unpaired) electrons. The molecule has 0 spiro atoms. The number of hydrogen-bond acceptors (Lipinski definition) is 2. The third kappa shape index (κ3) is 2.33. The van der Waals surface area contributed by atoms with Gasteiger partial charge < -0.3 is 10.4 Å². The second-order valence-electron chi connectivity index (χ2n) is 4.55.